The fourth-order valence-corrected chi connectivity index (χ4v) is 2.84. The standard InChI is InChI=1S/C15H21N3O2/c1-20-14-5-2-10(16)8-13(14)15(19)17-11-6-7-18(9-11)12-3-4-12/h2,5,8,11-12H,3-4,6-7,9,16H2,1H3,(H,17,19). The number of carbonyl (C=O) groups is 1. The molecular weight excluding hydrogens is 254 g/mol. The lowest BCUT2D eigenvalue weighted by Gasteiger charge is -2.16. The number of nitrogens with two attached hydrogens (primary N) is 1. The van der Waals surface area contributed by atoms with Crippen LogP contribution in [-0.4, -0.2) is 43.1 Å². The van der Waals surface area contributed by atoms with Crippen LogP contribution in [0.15, 0.2) is 18.2 Å². The highest BCUT2D eigenvalue weighted by Gasteiger charge is 2.35. The molecular formula is C15H21N3O2. The van der Waals surface area contributed by atoms with Gasteiger partial charge in [0.05, 0.1) is 12.7 Å². The number of carbonyl (C=O) groups excluding carboxylic acids is 1. The number of methoxy groups -OCH3 is 1. The number of hydrogen-bond donors (Lipinski definition) is 2. The summed E-state index contributed by atoms with van der Waals surface area (Å²) in [5.74, 6) is 0.463. The molecule has 3 N–H and O–H groups in total. The molecule has 0 radical (unpaired) electrons. The second kappa shape index (κ2) is 5.32. The lowest BCUT2D eigenvalue weighted by molar-refractivity contribution is 0.0934. The molecule has 0 spiro atoms. The maximum atomic E-state index is 12.4. The number of benzene rings is 1. The van der Waals surface area contributed by atoms with E-state index in [2.05, 4.69) is 10.2 Å². The van der Waals surface area contributed by atoms with E-state index in [4.69, 9.17) is 10.5 Å². The van der Waals surface area contributed by atoms with E-state index in [1.165, 1.54) is 12.8 Å². The van der Waals surface area contributed by atoms with Gasteiger partial charge in [0.25, 0.3) is 5.91 Å². The summed E-state index contributed by atoms with van der Waals surface area (Å²) >= 11 is 0. The Balaban J connectivity index is 1.65. The van der Waals surface area contributed by atoms with Gasteiger partial charge in [-0.15, -0.1) is 0 Å². The number of rotatable bonds is 4. The molecule has 1 heterocycles. The quantitative estimate of drug-likeness (QED) is 0.811. The Labute approximate surface area is 119 Å². The Bertz CT molecular complexity index is 514. The normalized spacial score (nSPS) is 22.8. The van der Waals surface area contributed by atoms with Crippen LogP contribution in [0.4, 0.5) is 5.69 Å². The summed E-state index contributed by atoms with van der Waals surface area (Å²) in [6, 6.07) is 6.13. The maximum absolute atomic E-state index is 12.4. The minimum Gasteiger partial charge on any atom is -0.496 e. The van der Waals surface area contributed by atoms with E-state index >= 15 is 0 Å². The molecule has 1 amide bonds. The smallest absolute Gasteiger partial charge is 0.255 e. The number of nitrogens with one attached hydrogen (secondary N) is 1. The monoisotopic (exact) mass is 275 g/mol. The molecule has 1 aliphatic carbocycles. The largest absolute Gasteiger partial charge is 0.496 e. The Morgan fingerprint density at radius 3 is 2.90 bits per heavy atom. The van der Waals surface area contributed by atoms with E-state index in [0.29, 0.717) is 17.0 Å². The van der Waals surface area contributed by atoms with Crippen molar-refractivity contribution in [2.24, 2.45) is 0 Å². The van der Waals surface area contributed by atoms with Gasteiger partial charge in [-0.3, -0.25) is 9.69 Å². The molecule has 0 aromatic heterocycles. The average molecular weight is 275 g/mol. The van der Waals surface area contributed by atoms with Crippen molar-refractivity contribution in [3.8, 4) is 5.75 Å². The highest BCUT2D eigenvalue weighted by molar-refractivity contribution is 5.98. The van der Waals surface area contributed by atoms with Gasteiger partial charge in [0.1, 0.15) is 5.75 Å². The van der Waals surface area contributed by atoms with Gasteiger partial charge in [-0.2, -0.15) is 0 Å². The molecule has 1 aromatic rings. The fourth-order valence-electron chi connectivity index (χ4n) is 2.84. The zero-order chi connectivity index (χ0) is 14.1. The minimum absolute atomic E-state index is 0.100. The summed E-state index contributed by atoms with van der Waals surface area (Å²) in [7, 11) is 1.56. The molecule has 1 aliphatic heterocycles. The number of likely N-dealkylation sites (tertiary alicyclic amines) is 1. The van der Waals surface area contributed by atoms with Crippen molar-refractivity contribution in [2.75, 3.05) is 25.9 Å². The summed E-state index contributed by atoms with van der Waals surface area (Å²) in [6.07, 6.45) is 3.64. The predicted molar refractivity (Wildman–Crippen MR) is 77.9 cm³/mol. The summed E-state index contributed by atoms with van der Waals surface area (Å²) < 4.78 is 5.23. The van der Waals surface area contributed by atoms with Crippen LogP contribution in [-0.2, 0) is 0 Å². The first-order valence-electron chi connectivity index (χ1n) is 7.16. The lowest BCUT2D eigenvalue weighted by Crippen LogP contribution is -2.37. The third-order valence-electron chi connectivity index (χ3n) is 4.09. The van der Waals surface area contributed by atoms with E-state index in [9.17, 15) is 4.79 Å². The first kappa shape index (κ1) is 13.2. The third-order valence-corrected chi connectivity index (χ3v) is 4.09. The Morgan fingerprint density at radius 1 is 1.40 bits per heavy atom. The van der Waals surface area contributed by atoms with Crippen molar-refractivity contribution in [1.29, 1.82) is 0 Å². The molecule has 1 atom stereocenters. The second-order valence-electron chi connectivity index (χ2n) is 5.64. The van der Waals surface area contributed by atoms with Crippen molar-refractivity contribution in [1.82, 2.24) is 10.2 Å². The second-order valence-corrected chi connectivity index (χ2v) is 5.64. The van der Waals surface area contributed by atoms with Gasteiger partial charge >= 0.3 is 0 Å². The highest BCUT2D eigenvalue weighted by Crippen LogP contribution is 2.30. The Hall–Kier alpha value is -1.75. The van der Waals surface area contributed by atoms with Crippen LogP contribution in [0.25, 0.3) is 0 Å². The van der Waals surface area contributed by atoms with Gasteiger partial charge in [0, 0.05) is 30.9 Å². The zero-order valence-electron chi connectivity index (χ0n) is 11.8. The van der Waals surface area contributed by atoms with Crippen LogP contribution in [0.3, 0.4) is 0 Å². The zero-order valence-corrected chi connectivity index (χ0v) is 11.8. The van der Waals surface area contributed by atoms with E-state index in [1.807, 2.05) is 0 Å². The van der Waals surface area contributed by atoms with Gasteiger partial charge in [0.2, 0.25) is 0 Å². The van der Waals surface area contributed by atoms with Gasteiger partial charge in [0.15, 0.2) is 0 Å². The van der Waals surface area contributed by atoms with Gasteiger partial charge in [-0.05, 0) is 37.5 Å². The Kier molecular flexibility index (Phi) is 3.53. The molecule has 3 rings (SSSR count). The fraction of sp³-hybridized carbons (Fsp3) is 0.533. The van der Waals surface area contributed by atoms with Gasteiger partial charge in [-0.25, -0.2) is 0 Å². The molecule has 1 saturated heterocycles. The average Bonchev–Trinajstić information content (AvgIpc) is 3.19. The number of hydrogen-bond acceptors (Lipinski definition) is 4. The molecule has 1 saturated carbocycles. The maximum Gasteiger partial charge on any atom is 0.255 e. The Morgan fingerprint density at radius 2 is 2.20 bits per heavy atom. The van der Waals surface area contributed by atoms with Crippen LogP contribution in [0, 0.1) is 0 Å². The SMILES string of the molecule is COc1ccc(N)cc1C(=O)NC1CCN(C2CC2)C1. The summed E-state index contributed by atoms with van der Waals surface area (Å²) in [4.78, 5) is 14.8. The van der Waals surface area contributed by atoms with Crippen LogP contribution in [0.5, 0.6) is 5.75 Å². The van der Waals surface area contributed by atoms with Gasteiger partial charge < -0.3 is 15.8 Å². The molecule has 1 aromatic carbocycles. The summed E-state index contributed by atoms with van der Waals surface area (Å²) in [5, 5.41) is 3.09. The van der Waals surface area contributed by atoms with E-state index in [0.717, 1.165) is 25.6 Å². The number of nitrogen functional groups attached to an aromatic ring is 1. The number of amides is 1. The highest BCUT2D eigenvalue weighted by atomic mass is 16.5. The first-order valence-corrected chi connectivity index (χ1v) is 7.16. The van der Waals surface area contributed by atoms with Crippen LogP contribution in [0.1, 0.15) is 29.6 Å². The molecule has 0 bridgehead atoms. The van der Waals surface area contributed by atoms with E-state index in [1.54, 1.807) is 25.3 Å². The molecule has 5 nitrogen and oxygen atoms in total. The van der Waals surface area contributed by atoms with Crippen molar-refractivity contribution >= 4 is 11.6 Å². The molecule has 2 fully saturated rings. The molecule has 5 heteroatoms. The van der Waals surface area contributed by atoms with Crippen LogP contribution in [0.2, 0.25) is 0 Å². The predicted octanol–water partition coefficient (Wildman–Crippen LogP) is 1.24. The molecule has 108 valence electrons. The van der Waals surface area contributed by atoms with Crippen molar-refractivity contribution in [2.45, 2.75) is 31.3 Å². The summed E-state index contributed by atoms with van der Waals surface area (Å²) in [6.45, 7) is 2.05. The van der Waals surface area contributed by atoms with E-state index < -0.39 is 0 Å². The van der Waals surface area contributed by atoms with Gasteiger partial charge in [-0.1, -0.05) is 0 Å². The lowest BCUT2D eigenvalue weighted by atomic mass is 10.1. The van der Waals surface area contributed by atoms with Crippen molar-refractivity contribution < 1.29 is 9.53 Å². The van der Waals surface area contributed by atoms with Crippen molar-refractivity contribution in [3.63, 3.8) is 0 Å². The topological polar surface area (TPSA) is 67.6 Å². The first-order chi connectivity index (χ1) is 9.67. The third kappa shape index (κ3) is 2.72. The summed E-state index contributed by atoms with van der Waals surface area (Å²) in [5.41, 5.74) is 6.84. The molecule has 20 heavy (non-hydrogen) atoms. The molecule has 2 aliphatic rings. The van der Waals surface area contributed by atoms with Crippen molar-refractivity contribution in [3.05, 3.63) is 23.8 Å². The van der Waals surface area contributed by atoms with Crippen LogP contribution < -0.4 is 15.8 Å². The number of ether oxygens (including phenoxy) is 1. The molecule has 1 unspecified atom stereocenters. The number of anilines is 1. The minimum atomic E-state index is -0.100. The number of nitrogens with zero attached hydrogens (tertiary/aromatic N) is 1. The van der Waals surface area contributed by atoms with E-state index in [-0.39, 0.29) is 11.9 Å². The van der Waals surface area contributed by atoms with Crippen LogP contribution >= 0.6 is 0 Å².